The van der Waals surface area contributed by atoms with Crippen molar-refractivity contribution in [3.05, 3.63) is 47.0 Å². The standard InChI is InChI=1S/C41H57NO14/c1-20(2)16-24(42-36(50)56-37(5,6)7)29(45)35(49)53-25-18-41(51)33(54-34(48)23-14-12-11-13-15-23)31-39(10,32(47)30(46)28(21(25)3)38(41,8)9)26(44)17-27-40(31,19-52-27)55-22(4)43/h11-15,20,24-27,29-31,33,44-46,51H,16-19H2,1-10H3,(H,42,50)/t24-,25-,26-,27+,29?,30+,31-,33-,39+,40-,41+/m0/s1. The third-order valence-corrected chi connectivity index (χ3v) is 12.2. The zero-order valence-corrected chi connectivity index (χ0v) is 33.8. The summed E-state index contributed by atoms with van der Waals surface area (Å²) in [5, 5.41) is 51.2. The van der Waals surface area contributed by atoms with Crippen LogP contribution in [0.3, 0.4) is 0 Å². The smallest absolute Gasteiger partial charge is 0.407 e. The van der Waals surface area contributed by atoms with Gasteiger partial charge in [0.2, 0.25) is 0 Å². The largest absolute Gasteiger partial charge is 0.456 e. The molecule has 5 rings (SSSR count). The number of aliphatic hydroxyl groups is 4. The van der Waals surface area contributed by atoms with E-state index in [0.29, 0.717) is 0 Å². The van der Waals surface area contributed by atoms with E-state index in [2.05, 4.69) is 5.32 Å². The van der Waals surface area contributed by atoms with E-state index in [0.717, 1.165) is 6.92 Å². The van der Waals surface area contributed by atoms with Crippen LogP contribution < -0.4 is 5.32 Å². The number of fused-ring (bicyclic) bond motifs is 5. The third kappa shape index (κ3) is 7.36. The Bertz CT molecular complexity index is 1750. The first kappa shape index (κ1) is 43.2. The number of ketones is 1. The molecule has 1 aromatic carbocycles. The van der Waals surface area contributed by atoms with Crippen LogP contribution in [0.25, 0.3) is 0 Å². The second kappa shape index (κ2) is 15.1. The molecule has 1 aromatic rings. The first-order valence-corrected chi connectivity index (χ1v) is 19.1. The van der Waals surface area contributed by atoms with Crippen molar-refractivity contribution in [2.24, 2.45) is 22.7 Å². The zero-order valence-electron chi connectivity index (χ0n) is 33.8. The van der Waals surface area contributed by atoms with Crippen molar-refractivity contribution in [1.29, 1.82) is 0 Å². The maximum absolute atomic E-state index is 14.9. The van der Waals surface area contributed by atoms with Gasteiger partial charge < -0.3 is 49.4 Å². The maximum Gasteiger partial charge on any atom is 0.407 e. The van der Waals surface area contributed by atoms with E-state index < -0.39 is 112 Å². The summed E-state index contributed by atoms with van der Waals surface area (Å²) in [5.74, 6) is -5.36. The molecule has 310 valence electrons. The van der Waals surface area contributed by atoms with Crippen molar-refractivity contribution in [3.8, 4) is 0 Å². The van der Waals surface area contributed by atoms with Gasteiger partial charge in [-0.15, -0.1) is 0 Å². The minimum Gasteiger partial charge on any atom is -0.456 e. The number of Topliss-reactive ketones (excluding diaryl/α,β-unsaturated/α-hetero) is 1. The normalized spacial score (nSPS) is 34.7. The Morgan fingerprint density at radius 2 is 1.66 bits per heavy atom. The lowest BCUT2D eigenvalue weighted by Gasteiger charge is -2.67. The highest BCUT2D eigenvalue weighted by atomic mass is 16.6. The van der Waals surface area contributed by atoms with Gasteiger partial charge in [0.15, 0.2) is 17.5 Å². The predicted octanol–water partition coefficient (Wildman–Crippen LogP) is 2.93. The summed E-state index contributed by atoms with van der Waals surface area (Å²) >= 11 is 0. The molecule has 4 aliphatic rings. The molecule has 0 spiro atoms. The highest BCUT2D eigenvalue weighted by Crippen LogP contribution is 2.64. The average molecular weight is 788 g/mol. The highest BCUT2D eigenvalue weighted by molar-refractivity contribution is 5.94. The first-order valence-electron chi connectivity index (χ1n) is 19.1. The first-order chi connectivity index (χ1) is 25.8. The van der Waals surface area contributed by atoms with Gasteiger partial charge >= 0.3 is 24.0 Å². The van der Waals surface area contributed by atoms with Crippen LogP contribution in [0.15, 0.2) is 41.5 Å². The number of benzene rings is 1. The van der Waals surface area contributed by atoms with Crippen LogP contribution in [-0.2, 0) is 38.1 Å². The molecule has 2 bridgehead atoms. The van der Waals surface area contributed by atoms with E-state index in [1.165, 1.54) is 26.0 Å². The highest BCUT2D eigenvalue weighted by Gasteiger charge is 2.78. The molecule has 15 nitrogen and oxygen atoms in total. The van der Waals surface area contributed by atoms with Crippen molar-refractivity contribution >= 4 is 29.8 Å². The van der Waals surface area contributed by atoms with Gasteiger partial charge in [0.05, 0.1) is 35.6 Å². The molecule has 56 heavy (non-hydrogen) atoms. The minimum atomic E-state index is -2.33. The van der Waals surface area contributed by atoms with E-state index in [1.807, 2.05) is 13.8 Å². The van der Waals surface area contributed by atoms with Crippen LogP contribution in [0.1, 0.15) is 98.9 Å². The molecule has 1 saturated heterocycles. The number of hydrogen-bond donors (Lipinski definition) is 5. The molecule has 15 heteroatoms. The summed E-state index contributed by atoms with van der Waals surface area (Å²) in [6.45, 7) is 15.5. The number of nitrogens with one attached hydrogen (secondary N) is 1. The SMILES string of the molecule is CC(=O)O[C@@]12CO[C@@H]1C[C@H](O)[C@@]1(C)C(=O)[C@H](O)C3=C(C)[C@@H](OC(=O)C(O)[C@H](CC(C)C)NC(=O)OC(C)(C)C)C[C@@](O)([C@@H](OC(=O)c4ccccc4)[C@H]21)C3(C)C. The molecule has 0 aromatic heterocycles. The number of amides is 1. The zero-order chi connectivity index (χ0) is 41.9. The van der Waals surface area contributed by atoms with Crippen LogP contribution in [0.5, 0.6) is 0 Å². The van der Waals surface area contributed by atoms with Crippen molar-refractivity contribution in [3.63, 3.8) is 0 Å². The lowest BCUT2D eigenvalue weighted by atomic mass is 9.44. The third-order valence-electron chi connectivity index (χ3n) is 12.2. The molecular formula is C41H57NO14. The Morgan fingerprint density at radius 1 is 1.04 bits per heavy atom. The fourth-order valence-corrected chi connectivity index (χ4v) is 9.38. The molecule has 2 saturated carbocycles. The fraction of sp³-hybridized carbons (Fsp3) is 0.683. The van der Waals surface area contributed by atoms with Crippen molar-refractivity contribution in [1.82, 2.24) is 5.32 Å². The topological polar surface area (TPSA) is 224 Å². The van der Waals surface area contributed by atoms with E-state index in [1.54, 1.807) is 52.8 Å². The fourth-order valence-electron chi connectivity index (χ4n) is 9.38. The molecule has 3 fully saturated rings. The molecule has 11 atom stereocenters. The van der Waals surface area contributed by atoms with Crippen molar-refractivity contribution in [2.75, 3.05) is 6.61 Å². The summed E-state index contributed by atoms with van der Waals surface area (Å²) in [6, 6.07) is 6.72. The maximum atomic E-state index is 14.9. The molecular weight excluding hydrogens is 730 g/mol. The van der Waals surface area contributed by atoms with Crippen LogP contribution in [0, 0.1) is 22.7 Å². The second-order valence-electron chi connectivity index (χ2n) is 17.9. The van der Waals surface area contributed by atoms with Crippen LogP contribution >= 0.6 is 0 Å². The Labute approximate surface area is 327 Å². The molecule has 3 aliphatic carbocycles. The van der Waals surface area contributed by atoms with Crippen LogP contribution in [0.4, 0.5) is 4.79 Å². The number of esters is 3. The number of alkyl carbamates (subject to hydrolysis) is 1. The molecule has 5 N–H and O–H groups in total. The number of carbonyl (C=O) groups is 5. The van der Waals surface area contributed by atoms with Crippen LogP contribution in [-0.4, -0.2) is 116 Å². The summed E-state index contributed by atoms with van der Waals surface area (Å²) in [6.07, 6.45) is -11.0. The molecule has 1 aliphatic heterocycles. The number of ether oxygens (including phenoxy) is 5. The Kier molecular flexibility index (Phi) is 11.7. The van der Waals surface area contributed by atoms with Gasteiger partial charge in [0.25, 0.3) is 0 Å². The number of carbonyl (C=O) groups excluding carboxylic acids is 5. The van der Waals surface area contributed by atoms with Crippen LogP contribution in [0.2, 0.25) is 0 Å². The summed E-state index contributed by atoms with van der Waals surface area (Å²) in [4.78, 5) is 68.4. The Balaban J connectivity index is 1.66. The van der Waals surface area contributed by atoms with Crippen molar-refractivity contribution < 1.29 is 68.1 Å². The minimum absolute atomic E-state index is 0.0460. The second-order valence-corrected chi connectivity index (χ2v) is 17.9. The predicted molar refractivity (Wildman–Crippen MR) is 198 cm³/mol. The lowest BCUT2D eigenvalue weighted by molar-refractivity contribution is -0.346. The lowest BCUT2D eigenvalue weighted by Crippen LogP contribution is -2.81. The number of aliphatic hydroxyl groups excluding tert-OH is 3. The monoisotopic (exact) mass is 787 g/mol. The van der Waals surface area contributed by atoms with E-state index in [9.17, 15) is 44.4 Å². The summed E-state index contributed by atoms with van der Waals surface area (Å²) in [5.41, 5.74) is -8.30. The van der Waals surface area contributed by atoms with Gasteiger partial charge in [-0.2, -0.15) is 0 Å². The Hall–Kier alpha value is -3.89. The molecule has 1 heterocycles. The van der Waals surface area contributed by atoms with Gasteiger partial charge in [0, 0.05) is 25.2 Å². The van der Waals surface area contributed by atoms with E-state index in [4.69, 9.17) is 23.7 Å². The van der Waals surface area contributed by atoms with E-state index >= 15 is 0 Å². The number of rotatable bonds is 9. The molecule has 1 amide bonds. The van der Waals surface area contributed by atoms with Gasteiger partial charge in [-0.05, 0) is 70.2 Å². The summed E-state index contributed by atoms with van der Waals surface area (Å²) < 4.78 is 29.4. The van der Waals surface area contributed by atoms with E-state index in [-0.39, 0.29) is 42.1 Å². The number of hydrogen-bond acceptors (Lipinski definition) is 14. The van der Waals surface area contributed by atoms with Gasteiger partial charge in [-0.25, -0.2) is 14.4 Å². The average Bonchev–Trinajstić information content (AvgIpc) is 3.08. The molecule has 1 unspecified atom stereocenters. The van der Waals surface area contributed by atoms with Gasteiger partial charge in [0.1, 0.15) is 35.6 Å². The Morgan fingerprint density at radius 3 is 2.20 bits per heavy atom. The quantitative estimate of drug-likeness (QED) is 0.138. The van der Waals surface area contributed by atoms with Gasteiger partial charge in [-0.3, -0.25) is 9.59 Å². The summed E-state index contributed by atoms with van der Waals surface area (Å²) in [7, 11) is 0. The van der Waals surface area contributed by atoms with Crippen molar-refractivity contribution in [2.45, 2.75) is 148 Å². The van der Waals surface area contributed by atoms with Gasteiger partial charge in [-0.1, -0.05) is 45.9 Å². The molecule has 0 radical (unpaired) electrons.